The van der Waals surface area contributed by atoms with Crippen LogP contribution in [0.1, 0.15) is 26.5 Å². The number of thiazole rings is 1. The third kappa shape index (κ3) is 4.34. The Morgan fingerprint density at radius 2 is 1.89 bits per heavy atom. The Morgan fingerprint density at radius 1 is 1.37 bits per heavy atom. The number of nitrogens with zero attached hydrogens (tertiary/aromatic N) is 2. The molecule has 0 fully saturated rings. The summed E-state index contributed by atoms with van der Waals surface area (Å²) >= 11 is 3.50. The lowest BCUT2D eigenvalue weighted by Gasteiger charge is -2.23. The predicted molar refractivity (Wildman–Crippen MR) is 69.5 cm³/mol. The second-order valence-corrected chi connectivity index (χ2v) is 6.95. The van der Waals surface area contributed by atoms with E-state index >= 15 is 0 Å². The van der Waals surface area contributed by atoms with Gasteiger partial charge >= 0.3 is 12.3 Å². The van der Waals surface area contributed by atoms with Crippen molar-refractivity contribution >= 4 is 38.5 Å². The molecule has 1 aromatic heterocycles. The summed E-state index contributed by atoms with van der Waals surface area (Å²) in [4.78, 5) is 16.0. The Bertz CT molecular complexity index is 482. The van der Waals surface area contributed by atoms with Crippen LogP contribution in [0.3, 0.4) is 0 Å². The molecule has 1 aromatic rings. The Balaban J connectivity index is 2.96. The highest BCUT2D eigenvalue weighted by molar-refractivity contribution is 9.11. The molecule has 0 saturated carbocycles. The first kappa shape index (κ1) is 16.2. The van der Waals surface area contributed by atoms with Gasteiger partial charge in [-0.1, -0.05) is 11.3 Å². The number of anilines is 1. The Hall–Kier alpha value is -0.830. The van der Waals surface area contributed by atoms with Gasteiger partial charge in [0.05, 0.1) is 0 Å². The third-order valence-electron chi connectivity index (χ3n) is 1.80. The number of carbonyl (C=O) groups excluding carboxylic acids is 1. The zero-order valence-corrected chi connectivity index (χ0v) is 13.0. The molecule has 0 aliphatic heterocycles. The largest absolute Gasteiger partial charge is 0.443 e. The molecule has 0 unspecified atom stereocenters. The average molecular weight is 361 g/mol. The smallest absolute Gasteiger partial charge is 0.435 e. The molecule has 0 N–H and O–H groups in total. The fraction of sp³-hybridized carbons (Fsp3) is 0.600. The SMILES string of the molecule is CN(C(=O)OC(C)(C)C)c1nc(C(F)(F)F)c(Br)s1. The highest BCUT2D eigenvalue weighted by Gasteiger charge is 2.38. The van der Waals surface area contributed by atoms with Gasteiger partial charge in [0.25, 0.3) is 0 Å². The summed E-state index contributed by atoms with van der Waals surface area (Å²) in [6, 6.07) is 0. The number of halogens is 4. The number of amides is 1. The lowest BCUT2D eigenvalue weighted by molar-refractivity contribution is -0.141. The first-order valence-electron chi connectivity index (χ1n) is 5.12. The molecular weight excluding hydrogens is 349 g/mol. The average Bonchev–Trinajstić information content (AvgIpc) is 2.55. The monoisotopic (exact) mass is 360 g/mol. The summed E-state index contributed by atoms with van der Waals surface area (Å²) in [5, 5.41) is -0.0894. The fourth-order valence-corrected chi connectivity index (χ4v) is 2.53. The van der Waals surface area contributed by atoms with E-state index in [4.69, 9.17) is 4.74 Å². The predicted octanol–water partition coefficient (Wildman–Crippen LogP) is 4.30. The van der Waals surface area contributed by atoms with Crippen molar-refractivity contribution in [3.05, 3.63) is 9.48 Å². The van der Waals surface area contributed by atoms with E-state index in [1.807, 2.05) is 0 Å². The first-order valence-corrected chi connectivity index (χ1v) is 6.73. The van der Waals surface area contributed by atoms with Gasteiger partial charge in [0.1, 0.15) is 9.39 Å². The Labute approximate surface area is 120 Å². The van der Waals surface area contributed by atoms with Gasteiger partial charge in [-0.05, 0) is 36.7 Å². The molecule has 1 rings (SSSR count). The van der Waals surface area contributed by atoms with Crippen LogP contribution in [0.25, 0.3) is 0 Å². The summed E-state index contributed by atoms with van der Waals surface area (Å²) in [5.41, 5.74) is -1.78. The van der Waals surface area contributed by atoms with Crippen molar-refractivity contribution in [2.75, 3.05) is 11.9 Å². The van der Waals surface area contributed by atoms with Crippen molar-refractivity contribution < 1.29 is 22.7 Å². The minimum atomic E-state index is -4.57. The first-order chi connectivity index (χ1) is 8.42. The molecule has 9 heteroatoms. The van der Waals surface area contributed by atoms with E-state index in [2.05, 4.69) is 20.9 Å². The van der Waals surface area contributed by atoms with Crippen molar-refractivity contribution in [1.29, 1.82) is 0 Å². The molecule has 1 amide bonds. The van der Waals surface area contributed by atoms with Crippen molar-refractivity contribution in [3.63, 3.8) is 0 Å². The van der Waals surface area contributed by atoms with Crippen LogP contribution in [-0.2, 0) is 10.9 Å². The van der Waals surface area contributed by atoms with Gasteiger partial charge in [-0.3, -0.25) is 4.90 Å². The molecule has 19 heavy (non-hydrogen) atoms. The van der Waals surface area contributed by atoms with Crippen molar-refractivity contribution in [1.82, 2.24) is 4.98 Å². The summed E-state index contributed by atoms with van der Waals surface area (Å²) in [6.07, 6.45) is -5.33. The highest BCUT2D eigenvalue weighted by atomic mass is 79.9. The molecular formula is C10H12BrF3N2O2S. The molecule has 0 aliphatic carbocycles. The highest BCUT2D eigenvalue weighted by Crippen LogP contribution is 2.40. The zero-order valence-electron chi connectivity index (χ0n) is 10.6. The van der Waals surface area contributed by atoms with Gasteiger partial charge in [-0.15, -0.1) is 0 Å². The number of hydrogen-bond donors (Lipinski definition) is 0. The summed E-state index contributed by atoms with van der Waals surface area (Å²) < 4.78 is 42.6. The van der Waals surface area contributed by atoms with Gasteiger partial charge < -0.3 is 4.74 Å². The molecule has 0 atom stereocenters. The molecule has 0 aromatic carbocycles. The number of aromatic nitrogens is 1. The lowest BCUT2D eigenvalue weighted by atomic mass is 10.2. The molecule has 0 saturated heterocycles. The van der Waals surface area contributed by atoms with Crippen LogP contribution in [0, 0.1) is 0 Å². The van der Waals surface area contributed by atoms with E-state index in [-0.39, 0.29) is 8.92 Å². The van der Waals surface area contributed by atoms with Crippen LogP contribution in [-0.4, -0.2) is 23.7 Å². The molecule has 1 heterocycles. The molecule has 0 spiro atoms. The maximum atomic E-state index is 12.6. The van der Waals surface area contributed by atoms with E-state index in [0.29, 0.717) is 11.3 Å². The van der Waals surface area contributed by atoms with Crippen molar-refractivity contribution in [2.24, 2.45) is 0 Å². The number of ether oxygens (including phenoxy) is 1. The molecule has 0 aliphatic rings. The van der Waals surface area contributed by atoms with E-state index in [0.717, 1.165) is 4.90 Å². The van der Waals surface area contributed by atoms with Gasteiger partial charge in [-0.25, -0.2) is 9.78 Å². The second kappa shape index (κ2) is 5.28. The van der Waals surface area contributed by atoms with Gasteiger partial charge in [0, 0.05) is 7.05 Å². The topological polar surface area (TPSA) is 42.4 Å². The second-order valence-electron chi connectivity index (χ2n) is 4.66. The van der Waals surface area contributed by atoms with Crippen LogP contribution in [0.15, 0.2) is 3.79 Å². The maximum Gasteiger partial charge on any atom is 0.435 e. The van der Waals surface area contributed by atoms with Gasteiger partial charge in [0.2, 0.25) is 0 Å². The number of alkyl halides is 3. The standard InChI is InChI=1S/C10H12BrF3N2O2S/c1-9(2,3)18-8(17)16(4)7-15-5(6(11)19-7)10(12,13)14/h1-4H3. The zero-order chi connectivity index (χ0) is 15.0. The van der Waals surface area contributed by atoms with Crippen molar-refractivity contribution in [2.45, 2.75) is 32.5 Å². The minimum Gasteiger partial charge on any atom is -0.443 e. The van der Waals surface area contributed by atoms with Gasteiger partial charge in [-0.2, -0.15) is 13.2 Å². The molecule has 0 bridgehead atoms. The van der Waals surface area contributed by atoms with Crippen molar-refractivity contribution in [3.8, 4) is 0 Å². The molecule has 0 radical (unpaired) electrons. The van der Waals surface area contributed by atoms with E-state index in [1.165, 1.54) is 7.05 Å². The molecule has 108 valence electrons. The van der Waals surface area contributed by atoms with E-state index in [1.54, 1.807) is 20.8 Å². The van der Waals surface area contributed by atoms with Crippen LogP contribution in [0.4, 0.5) is 23.1 Å². The number of hydrogen-bond acceptors (Lipinski definition) is 4. The summed E-state index contributed by atoms with van der Waals surface area (Å²) in [6.45, 7) is 4.99. The lowest BCUT2D eigenvalue weighted by Crippen LogP contribution is -2.34. The Morgan fingerprint density at radius 3 is 2.26 bits per heavy atom. The summed E-state index contributed by atoms with van der Waals surface area (Å²) in [7, 11) is 1.31. The normalized spacial score (nSPS) is 12.4. The maximum absolute atomic E-state index is 12.6. The molecule has 4 nitrogen and oxygen atoms in total. The fourth-order valence-electron chi connectivity index (χ4n) is 1.02. The minimum absolute atomic E-state index is 0.0894. The summed E-state index contributed by atoms with van der Waals surface area (Å²) in [5.74, 6) is 0. The van der Waals surface area contributed by atoms with Gasteiger partial charge in [0.15, 0.2) is 10.8 Å². The number of rotatable bonds is 1. The van der Waals surface area contributed by atoms with E-state index < -0.39 is 23.6 Å². The van der Waals surface area contributed by atoms with Crippen LogP contribution < -0.4 is 4.90 Å². The Kier molecular flexibility index (Phi) is 4.51. The quantitative estimate of drug-likeness (QED) is 0.749. The number of carbonyl (C=O) groups is 1. The van der Waals surface area contributed by atoms with Crippen LogP contribution in [0.5, 0.6) is 0 Å². The van der Waals surface area contributed by atoms with Crippen LogP contribution in [0.2, 0.25) is 0 Å². The third-order valence-corrected chi connectivity index (χ3v) is 3.58. The van der Waals surface area contributed by atoms with Crippen LogP contribution >= 0.6 is 27.3 Å². The van der Waals surface area contributed by atoms with E-state index in [9.17, 15) is 18.0 Å².